The molecule has 1 saturated heterocycles. The smallest absolute Gasteiger partial charge is 0.341 e. The first-order valence-electron chi connectivity index (χ1n) is 8.98. The number of hydrogen-bond acceptors (Lipinski definition) is 3. The molecule has 0 radical (unpaired) electrons. The molecule has 2 aromatic carbocycles. The van der Waals surface area contributed by atoms with Crippen molar-refractivity contribution in [2.24, 2.45) is 0 Å². The van der Waals surface area contributed by atoms with Gasteiger partial charge < -0.3 is 4.90 Å². The minimum absolute atomic E-state index is 0.0350. The summed E-state index contributed by atoms with van der Waals surface area (Å²) in [5, 5.41) is -1.03. The average molecular weight is 429 g/mol. The second kappa shape index (κ2) is 8.14. The van der Waals surface area contributed by atoms with Gasteiger partial charge in [-0.05, 0) is 30.2 Å². The fraction of sp³-hybridized carbons (Fsp3) is 0.350. The van der Waals surface area contributed by atoms with Crippen LogP contribution in [0.5, 0.6) is 0 Å². The zero-order valence-electron chi connectivity index (χ0n) is 15.3. The molecule has 0 saturated carbocycles. The number of halogens is 4. The van der Waals surface area contributed by atoms with Crippen molar-refractivity contribution in [1.29, 1.82) is 0 Å². The Morgan fingerprint density at radius 2 is 1.69 bits per heavy atom. The molecule has 1 amide bonds. The first kappa shape index (κ1) is 21.3. The Balaban J connectivity index is 1.71. The number of sulfone groups is 1. The van der Waals surface area contributed by atoms with Gasteiger partial charge >= 0.3 is 6.18 Å². The summed E-state index contributed by atoms with van der Waals surface area (Å²) in [6, 6.07) is 9.94. The third-order valence-electron chi connectivity index (χ3n) is 4.98. The number of nitrogens with zero attached hydrogens (tertiary/aromatic N) is 1. The molecular weight excluding hydrogens is 410 g/mol. The molecule has 156 valence electrons. The summed E-state index contributed by atoms with van der Waals surface area (Å²) >= 11 is 0. The fourth-order valence-electron chi connectivity index (χ4n) is 3.38. The van der Waals surface area contributed by atoms with Crippen molar-refractivity contribution in [1.82, 2.24) is 4.90 Å². The van der Waals surface area contributed by atoms with Gasteiger partial charge in [-0.15, -0.1) is 0 Å². The van der Waals surface area contributed by atoms with Crippen molar-refractivity contribution < 1.29 is 30.8 Å². The van der Waals surface area contributed by atoms with Crippen molar-refractivity contribution in [3.05, 3.63) is 71.0 Å². The van der Waals surface area contributed by atoms with Crippen LogP contribution >= 0.6 is 0 Å². The van der Waals surface area contributed by atoms with Crippen molar-refractivity contribution in [2.75, 3.05) is 18.8 Å². The number of carbonyl (C=O) groups is 1. The maximum absolute atomic E-state index is 14.1. The Morgan fingerprint density at radius 3 is 2.31 bits per heavy atom. The lowest BCUT2D eigenvalue weighted by Crippen LogP contribution is -2.34. The SMILES string of the molecule is O=C(Cc1ccc(C(F)(F)F)cc1)N1CCC(c2ccccc2F)S(=O)(=O)CC1. The first-order valence-corrected chi connectivity index (χ1v) is 10.7. The first-order chi connectivity index (χ1) is 13.6. The highest BCUT2D eigenvalue weighted by atomic mass is 32.2. The molecule has 0 bridgehead atoms. The van der Waals surface area contributed by atoms with E-state index in [1.54, 1.807) is 6.07 Å². The highest BCUT2D eigenvalue weighted by Crippen LogP contribution is 2.32. The molecule has 0 spiro atoms. The maximum Gasteiger partial charge on any atom is 0.416 e. The van der Waals surface area contributed by atoms with E-state index in [4.69, 9.17) is 0 Å². The lowest BCUT2D eigenvalue weighted by Gasteiger charge is -2.20. The number of amides is 1. The Kier molecular flexibility index (Phi) is 5.97. The van der Waals surface area contributed by atoms with Gasteiger partial charge in [0.2, 0.25) is 5.91 Å². The number of hydrogen-bond donors (Lipinski definition) is 0. The second-order valence-electron chi connectivity index (χ2n) is 6.92. The minimum Gasteiger partial charge on any atom is -0.341 e. The summed E-state index contributed by atoms with van der Waals surface area (Å²) in [6.07, 6.45) is -4.53. The largest absolute Gasteiger partial charge is 0.416 e. The van der Waals surface area contributed by atoms with Crippen LogP contribution in [0.2, 0.25) is 0 Å². The van der Waals surface area contributed by atoms with Crippen LogP contribution in [-0.4, -0.2) is 38.1 Å². The number of benzene rings is 2. The second-order valence-corrected chi connectivity index (χ2v) is 9.22. The van der Waals surface area contributed by atoms with E-state index in [1.165, 1.54) is 35.2 Å². The van der Waals surface area contributed by atoms with Crippen LogP contribution in [-0.2, 0) is 27.2 Å². The standard InChI is InChI=1S/C20H19F4NO3S/c21-17-4-2-1-3-16(17)18-9-10-25(11-12-29(18,27)28)19(26)13-14-5-7-15(8-6-14)20(22,23)24/h1-8,18H,9-13H2. The summed E-state index contributed by atoms with van der Waals surface area (Å²) in [4.78, 5) is 13.9. The van der Waals surface area contributed by atoms with Crippen molar-refractivity contribution in [3.63, 3.8) is 0 Å². The Bertz CT molecular complexity index is 988. The molecule has 1 atom stereocenters. The molecule has 1 heterocycles. The monoisotopic (exact) mass is 429 g/mol. The molecule has 0 aliphatic carbocycles. The van der Waals surface area contributed by atoms with Crippen LogP contribution in [0, 0.1) is 5.82 Å². The molecule has 1 aliphatic heterocycles. The Hall–Kier alpha value is -2.42. The third kappa shape index (κ3) is 4.95. The summed E-state index contributed by atoms with van der Waals surface area (Å²) in [7, 11) is -3.66. The van der Waals surface area contributed by atoms with Crippen molar-refractivity contribution in [2.45, 2.75) is 24.3 Å². The normalized spacial score (nSPS) is 19.6. The topological polar surface area (TPSA) is 54.5 Å². The van der Waals surface area contributed by atoms with Crippen LogP contribution in [0.3, 0.4) is 0 Å². The Labute approximate surface area is 166 Å². The van der Waals surface area contributed by atoms with Gasteiger partial charge in [-0.1, -0.05) is 30.3 Å². The minimum atomic E-state index is -4.45. The van der Waals surface area contributed by atoms with E-state index in [0.717, 1.165) is 12.1 Å². The lowest BCUT2D eigenvalue weighted by molar-refractivity contribution is -0.137. The summed E-state index contributed by atoms with van der Waals surface area (Å²) in [5.74, 6) is -1.29. The molecule has 1 aliphatic rings. The molecular formula is C20H19F4NO3S. The lowest BCUT2D eigenvalue weighted by atomic mass is 10.1. The highest BCUT2D eigenvalue weighted by molar-refractivity contribution is 7.91. The van der Waals surface area contributed by atoms with E-state index in [0.29, 0.717) is 5.56 Å². The molecule has 9 heteroatoms. The van der Waals surface area contributed by atoms with Gasteiger partial charge in [0.15, 0.2) is 9.84 Å². The van der Waals surface area contributed by atoms with E-state index in [9.17, 15) is 30.8 Å². The van der Waals surface area contributed by atoms with E-state index >= 15 is 0 Å². The average Bonchev–Trinajstić information content (AvgIpc) is 2.80. The Morgan fingerprint density at radius 1 is 1.03 bits per heavy atom. The molecule has 3 rings (SSSR count). The third-order valence-corrected chi connectivity index (χ3v) is 7.09. The zero-order valence-corrected chi connectivity index (χ0v) is 16.1. The quantitative estimate of drug-likeness (QED) is 0.698. The summed E-state index contributed by atoms with van der Waals surface area (Å²) < 4.78 is 77.2. The van der Waals surface area contributed by atoms with E-state index in [2.05, 4.69) is 0 Å². The van der Waals surface area contributed by atoms with Gasteiger partial charge in [-0.25, -0.2) is 12.8 Å². The van der Waals surface area contributed by atoms with Gasteiger partial charge in [0.1, 0.15) is 5.82 Å². The summed E-state index contributed by atoms with van der Waals surface area (Å²) in [5.41, 5.74) is -0.312. The van der Waals surface area contributed by atoms with Gasteiger partial charge in [0, 0.05) is 18.7 Å². The molecule has 29 heavy (non-hydrogen) atoms. The van der Waals surface area contributed by atoms with E-state index in [1.807, 2.05) is 0 Å². The van der Waals surface area contributed by atoms with Crippen molar-refractivity contribution >= 4 is 15.7 Å². The number of rotatable bonds is 3. The predicted molar refractivity (Wildman–Crippen MR) is 99.3 cm³/mol. The van der Waals surface area contributed by atoms with Gasteiger partial charge in [-0.3, -0.25) is 4.79 Å². The fourth-order valence-corrected chi connectivity index (χ4v) is 5.18. The van der Waals surface area contributed by atoms with E-state index < -0.39 is 32.6 Å². The van der Waals surface area contributed by atoms with Gasteiger partial charge in [0.05, 0.1) is 23.0 Å². The van der Waals surface area contributed by atoms with Crippen LogP contribution in [0.25, 0.3) is 0 Å². The predicted octanol–water partition coefficient (Wildman–Crippen LogP) is 3.78. The van der Waals surface area contributed by atoms with Gasteiger partial charge in [-0.2, -0.15) is 13.2 Å². The van der Waals surface area contributed by atoms with E-state index in [-0.39, 0.29) is 43.2 Å². The molecule has 0 N–H and O–H groups in total. The molecule has 2 aromatic rings. The van der Waals surface area contributed by atoms with Crippen LogP contribution in [0.15, 0.2) is 48.5 Å². The van der Waals surface area contributed by atoms with Crippen molar-refractivity contribution in [3.8, 4) is 0 Å². The maximum atomic E-state index is 14.1. The van der Waals surface area contributed by atoms with Crippen LogP contribution < -0.4 is 0 Å². The highest BCUT2D eigenvalue weighted by Gasteiger charge is 2.34. The molecule has 0 aromatic heterocycles. The van der Waals surface area contributed by atoms with Gasteiger partial charge in [0.25, 0.3) is 0 Å². The molecule has 1 fully saturated rings. The van der Waals surface area contributed by atoms with Crippen LogP contribution in [0.4, 0.5) is 17.6 Å². The summed E-state index contributed by atoms with van der Waals surface area (Å²) in [6.45, 7) is 0.0878. The number of carbonyl (C=O) groups excluding carboxylic acids is 1. The molecule has 1 unspecified atom stereocenters. The number of alkyl halides is 3. The molecule has 4 nitrogen and oxygen atoms in total. The zero-order chi connectivity index (χ0) is 21.2. The van der Waals surface area contributed by atoms with Crippen LogP contribution in [0.1, 0.15) is 28.4 Å².